The molecule has 0 bridgehead atoms. The van der Waals surface area contributed by atoms with Crippen LogP contribution in [0.4, 0.5) is 10.5 Å². The molecule has 0 aliphatic carbocycles. The maximum atomic E-state index is 12.7. The highest BCUT2D eigenvalue weighted by molar-refractivity contribution is 5.93. The second kappa shape index (κ2) is 9.39. The van der Waals surface area contributed by atoms with Crippen molar-refractivity contribution >= 4 is 17.7 Å². The molecule has 2 heterocycles. The lowest BCUT2D eigenvalue weighted by Gasteiger charge is -2.41. The van der Waals surface area contributed by atoms with Crippen LogP contribution in [0, 0.1) is 5.41 Å². The first-order valence-corrected chi connectivity index (χ1v) is 10.1. The Morgan fingerprint density at radius 2 is 2.04 bits per heavy atom. The van der Waals surface area contributed by atoms with Crippen LogP contribution in [-0.2, 0) is 20.8 Å². The topological polar surface area (TPSA) is 71.1 Å². The number of anilines is 1. The van der Waals surface area contributed by atoms with Crippen molar-refractivity contribution in [2.24, 2.45) is 5.41 Å². The van der Waals surface area contributed by atoms with E-state index in [-0.39, 0.29) is 12.0 Å². The monoisotopic (exact) mass is 389 g/mol. The van der Waals surface area contributed by atoms with E-state index >= 15 is 0 Å². The Kier molecular flexibility index (Phi) is 6.91. The fraction of sp³-hybridized carbons (Fsp3) is 0.619. The van der Waals surface area contributed by atoms with Crippen molar-refractivity contribution in [2.75, 3.05) is 51.4 Å². The van der Waals surface area contributed by atoms with Gasteiger partial charge in [-0.1, -0.05) is 12.1 Å². The van der Waals surface area contributed by atoms with Crippen LogP contribution < -0.4 is 10.2 Å². The summed E-state index contributed by atoms with van der Waals surface area (Å²) >= 11 is 0. The average Bonchev–Trinajstić information content (AvgIpc) is 3.13. The summed E-state index contributed by atoms with van der Waals surface area (Å²) in [7, 11) is 1.67. The molecule has 2 aliphatic rings. The number of hydrogen-bond donors (Lipinski definition) is 1. The third-order valence-corrected chi connectivity index (χ3v) is 5.66. The summed E-state index contributed by atoms with van der Waals surface area (Å²) < 4.78 is 10.7. The van der Waals surface area contributed by atoms with E-state index in [1.807, 2.05) is 19.1 Å². The number of rotatable bonds is 8. The molecule has 2 fully saturated rings. The SMILES string of the molecule is CCOC(=O)C1(CCOC)CCCN(Cc2ccc(N3CCNC3=O)cc2)C1. The van der Waals surface area contributed by atoms with Crippen molar-refractivity contribution in [3.63, 3.8) is 0 Å². The molecule has 1 atom stereocenters. The molecular formula is C21H31N3O4. The number of benzene rings is 1. The number of nitrogens with one attached hydrogen (secondary N) is 1. The van der Waals surface area contributed by atoms with Gasteiger partial charge in [-0.25, -0.2) is 4.79 Å². The van der Waals surface area contributed by atoms with Crippen molar-refractivity contribution in [1.82, 2.24) is 10.2 Å². The van der Waals surface area contributed by atoms with Gasteiger partial charge in [0.1, 0.15) is 0 Å². The number of esters is 1. The first-order chi connectivity index (χ1) is 13.6. The first kappa shape index (κ1) is 20.6. The van der Waals surface area contributed by atoms with Gasteiger partial charge < -0.3 is 14.8 Å². The highest BCUT2D eigenvalue weighted by Crippen LogP contribution is 2.36. The molecule has 2 aliphatic heterocycles. The van der Waals surface area contributed by atoms with Crippen molar-refractivity contribution in [2.45, 2.75) is 32.7 Å². The van der Waals surface area contributed by atoms with Crippen LogP contribution in [0.25, 0.3) is 0 Å². The van der Waals surface area contributed by atoms with Gasteiger partial charge in [0.05, 0.1) is 12.0 Å². The highest BCUT2D eigenvalue weighted by atomic mass is 16.5. The van der Waals surface area contributed by atoms with E-state index in [0.29, 0.717) is 39.3 Å². The number of likely N-dealkylation sites (tertiary alicyclic amines) is 1. The molecule has 28 heavy (non-hydrogen) atoms. The lowest BCUT2D eigenvalue weighted by molar-refractivity contribution is -0.160. The van der Waals surface area contributed by atoms with Crippen LogP contribution in [0.15, 0.2) is 24.3 Å². The largest absolute Gasteiger partial charge is 0.466 e. The average molecular weight is 389 g/mol. The van der Waals surface area contributed by atoms with Gasteiger partial charge in [0.2, 0.25) is 0 Å². The van der Waals surface area contributed by atoms with Crippen molar-refractivity contribution in [3.05, 3.63) is 29.8 Å². The number of hydrogen-bond acceptors (Lipinski definition) is 5. The van der Waals surface area contributed by atoms with E-state index in [2.05, 4.69) is 22.3 Å². The number of ether oxygens (including phenoxy) is 2. The Bertz CT molecular complexity index is 679. The van der Waals surface area contributed by atoms with E-state index < -0.39 is 5.41 Å². The molecule has 0 radical (unpaired) electrons. The van der Waals surface area contributed by atoms with E-state index in [4.69, 9.17) is 9.47 Å². The minimum absolute atomic E-state index is 0.0406. The number of piperidine rings is 1. The van der Waals surface area contributed by atoms with E-state index in [0.717, 1.165) is 31.6 Å². The molecule has 3 rings (SSSR count). The first-order valence-electron chi connectivity index (χ1n) is 10.1. The Labute approximate surface area is 167 Å². The molecule has 1 aromatic carbocycles. The van der Waals surface area contributed by atoms with Gasteiger partial charge in [0.15, 0.2) is 0 Å². The van der Waals surface area contributed by atoms with E-state index in [1.54, 1.807) is 12.0 Å². The molecule has 0 spiro atoms. The molecule has 2 amide bonds. The molecule has 0 aromatic heterocycles. The fourth-order valence-corrected chi connectivity index (χ4v) is 4.17. The van der Waals surface area contributed by atoms with Crippen LogP contribution in [0.2, 0.25) is 0 Å². The van der Waals surface area contributed by atoms with Crippen LogP contribution >= 0.6 is 0 Å². The van der Waals surface area contributed by atoms with Crippen LogP contribution in [0.3, 0.4) is 0 Å². The van der Waals surface area contributed by atoms with Crippen LogP contribution in [0.5, 0.6) is 0 Å². The summed E-state index contributed by atoms with van der Waals surface area (Å²) in [5, 5.41) is 2.82. The minimum atomic E-state index is -0.488. The molecule has 1 unspecified atom stereocenters. The summed E-state index contributed by atoms with van der Waals surface area (Å²) in [5.74, 6) is -0.104. The summed E-state index contributed by atoms with van der Waals surface area (Å²) in [6.07, 6.45) is 2.49. The minimum Gasteiger partial charge on any atom is -0.466 e. The zero-order chi connectivity index (χ0) is 20.0. The summed E-state index contributed by atoms with van der Waals surface area (Å²) in [6.45, 7) is 6.62. The summed E-state index contributed by atoms with van der Waals surface area (Å²) in [4.78, 5) is 28.6. The number of carbonyl (C=O) groups excluding carboxylic acids is 2. The Balaban J connectivity index is 1.66. The van der Waals surface area contributed by atoms with Gasteiger partial charge in [-0.15, -0.1) is 0 Å². The Morgan fingerprint density at radius 3 is 2.68 bits per heavy atom. The van der Waals surface area contributed by atoms with Gasteiger partial charge in [-0.3, -0.25) is 14.6 Å². The molecule has 1 aromatic rings. The number of carbonyl (C=O) groups is 2. The quantitative estimate of drug-likeness (QED) is 0.692. The normalized spacial score (nSPS) is 22.9. The Hall–Kier alpha value is -2.12. The molecule has 7 heteroatoms. The van der Waals surface area contributed by atoms with Crippen molar-refractivity contribution in [1.29, 1.82) is 0 Å². The second-order valence-corrected chi connectivity index (χ2v) is 7.61. The fourth-order valence-electron chi connectivity index (χ4n) is 4.17. The number of nitrogens with zero attached hydrogens (tertiary/aromatic N) is 2. The molecule has 154 valence electrons. The van der Waals surface area contributed by atoms with E-state index in [9.17, 15) is 9.59 Å². The van der Waals surface area contributed by atoms with Crippen molar-refractivity contribution < 1.29 is 19.1 Å². The van der Waals surface area contributed by atoms with Crippen LogP contribution in [0.1, 0.15) is 31.7 Å². The number of amides is 2. The maximum Gasteiger partial charge on any atom is 0.321 e. The van der Waals surface area contributed by atoms with Gasteiger partial charge in [0, 0.05) is 45.6 Å². The predicted octanol–water partition coefficient (Wildman–Crippen LogP) is 2.40. The van der Waals surface area contributed by atoms with Gasteiger partial charge in [0.25, 0.3) is 0 Å². The molecule has 2 saturated heterocycles. The van der Waals surface area contributed by atoms with Crippen molar-refractivity contribution in [3.8, 4) is 0 Å². The lowest BCUT2D eigenvalue weighted by atomic mass is 9.77. The predicted molar refractivity (Wildman–Crippen MR) is 107 cm³/mol. The van der Waals surface area contributed by atoms with Gasteiger partial charge >= 0.3 is 12.0 Å². The van der Waals surface area contributed by atoms with Gasteiger partial charge in [-0.05, 0) is 50.4 Å². The zero-order valence-electron chi connectivity index (χ0n) is 16.9. The third-order valence-electron chi connectivity index (χ3n) is 5.66. The van der Waals surface area contributed by atoms with Gasteiger partial charge in [-0.2, -0.15) is 0 Å². The molecule has 1 N–H and O–H groups in total. The number of urea groups is 1. The molecule has 0 saturated carbocycles. The van der Waals surface area contributed by atoms with E-state index in [1.165, 1.54) is 5.56 Å². The zero-order valence-corrected chi connectivity index (χ0v) is 16.9. The molecule has 7 nitrogen and oxygen atoms in total. The maximum absolute atomic E-state index is 12.7. The summed E-state index contributed by atoms with van der Waals surface area (Å²) in [5.41, 5.74) is 1.60. The van der Waals surface area contributed by atoms with Crippen LogP contribution in [-0.4, -0.2) is 63.4 Å². The third kappa shape index (κ3) is 4.64. The molecular weight excluding hydrogens is 358 g/mol. The lowest BCUT2D eigenvalue weighted by Crippen LogP contribution is -2.48. The standard InChI is InChI=1S/C21H31N3O4/c1-3-28-19(25)21(10-14-27-2)9-4-12-23(16-21)15-17-5-7-18(8-6-17)24-13-11-22-20(24)26/h5-8H,3-4,9-16H2,1-2H3,(H,22,26). The second-order valence-electron chi connectivity index (χ2n) is 7.61. The highest BCUT2D eigenvalue weighted by Gasteiger charge is 2.43. The summed E-state index contributed by atoms with van der Waals surface area (Å²) in [6, 6.07) is 8.08. The smallest absolute Gasteiger partial charge is 0.321 e. The number of methoxy groups -OCH3 is 1. The Morgan fingerprint density at radius 1 is 1.25 bits per heavy atom.